The van der Waals surface area contributed by atoms with Gasteiger partial charge in [0.25, 0.3) is 5.56 Å². The molecule has 0 radical (unpaired) electrons. The summed E-state index contributed by atoms with van der Waals surface area (Å²) in [6.45, 7) is 1.73. The molecule has 0 aliphatic rings. The summed E-state index contributed by atoms with van der Waals surface area (Å²) < 4.78 is 1.14. The third-order valence-electron chi connectivity index (χ3n) is 4.00. The summed E-state index contributed by atoms with van der Waals surface area (Å²) in [6, 6.07) is 11.2. The molecular formula is C18H15N5O2. The number of hydrogen-bond acceptors (Lipinski definition) is 4. The van der Waals surface area contributed by atoms with E-state index in [1.54, 1.807) is 18.5 Å². The van der Waals surface area contributed by atoms with Gasteiger partial charge in [-0.3, -0.25) is 9.59 Å². The molecule has 4 aromatic rings. The second kappa shape index (κ2) is 5.86. The van der Waals surface area contributed by atoms with Gasteiger partial charge in [0.05, 0.1) is 6.20 Å². The molecule has 0 aliphatic heterocycles. The molecule has 1 amide bonds. The highest BCUT2D eigenvalue weighted by molar-refractivity contribution is 6.06. The highest BCUT2D eigenvalue weighted by Crippen LogP contribution is 2.21. The molecule has 0 spiro atoms. The van der Waals surface area contributed by atoms with Gasteiger partial charge < -0.3 is 10.3 Å². The quantitative estimate of drug-likeness (QED) is 0.601. The Balaban J connectivity index is 1.65. The van der Waals surface area contributed by atoms with Crippen LogP contribution in [0.4, 0.5) is 5.82 Å². The van der Waals surface area contributed by atoms with Crippen LogP contribution in [0.5, 0.6) is 0 Å². The number of amides is 1. The smallest absolute Gasteiger partial charge is 0.291 e. The lowest BCUT2D eigenvalue weighted by Gasteiger charge is -2.06. The maximum Gasteiger partial charge on any atom is 0.291 e. The van der Waals surface area contributed by atoms with Crippen molar-refractivity contribution in [3.63, 3.8) is 0 Å². The minimum absolute atomic E-state index is 0.181. The number of aromatic amines is 1. The summed E-state index contributed by atoms with van der Waals surface area (Å²) in [7, 11) is 0. The lowest BCUT2D eigenvalue weighted by atomic mass is 10.2. The number of carbonyl (C=O) groups excluding carboxylic acids is 1. The molecule has 0 aliphatic carbocycles. The Morgan fingerprint density at radius 2 is 2.08 bits per heavy atom. The van der Waals surface area contributed by atoms with E-state index in [-0.39, 0.29) is 18.0 Å². The molecule has 0 fully saturated rings. The van der Waals surface area contributed by atoms with Gasteiger partial charge in [0.1, 0.15) is 17.9 Å². The number of benzene rings is 1. The fourth-order valence-electron chi connectivity index (χ4n) is 2.81. The van der Waals surface area contributed by atoms with Crippen molar-refractivity contribution >= 4 is 33.5 Å². The van der Waals surface area contributed by atoms with Crippen LogP contribution in [0, 0.1) is 6.92 Å². The number of H-pyrrole nitrogens is 1. The first-order valence-electron chi connectivity index (χ1n) is 7.81. The molecule has 7 nitrogen and oxygen atoms in total. The van der Waals surface area contributed by atoms with Gasteiger partial charge in [-0.1, -0.05) is 18.2 Å². The predicted molar refractivity (Wildman–Crippen MR) is 95.5 cm³/mol. The van der Waals surface area contributed by atoms with Gasteiger partial charge in [-0.2, -0.15) is 5.10 Å². The Labute approximate surface area is 142 Å². The van der Waals surface area contributed by atoms with Crippen LogP contribution in [0.3, 0.4) is 0 Å². The molecule has 3 heterocycles. The fraction of sp³-hybridized carbons (Fsp3) is 0.111. The standard InChI is InChI=1S/C18H15N5O2/c1-11-6-7-19-15(8-11)22-16(24)10-23-18(25)17-13(9-20-23)12-4-2-3-5-14(12)21-17/h2-9,21H,10H2,1H3,(H,19,22,24). The topological polar surface area (TPSA) is 92.7 Å². The first-order chi connectivity index (χ1) is 12.1. The van der Waals surface area contributed by atoms with E-state index in [0.717, 1.165) is 26.5 Å². The Kier molecular flexibility index (Phi) is 3.53. The van der Waals surface area contributed by atoms with E-state index in [9.17, 15) is 9.59 Å². The van der Waals surface area contributed by atoms with Crippen molar-refractivity contribution in [2.24, 2.45) is 0 Å². The van der Waals surface area contributed by atoms with Gasteiger partial charge in [-0.15, -0.1) is 0 Å². The van der Waals surface area contributed by atoms with Crippen LogP contribution in [-0.2, 0) is 11.3 Å². The second-order valence-electron chi connectivity index (χ2n) is 5.83. The molecule has 7 heteroatoms. The molecular weight excluding hydrogens is 318 g/mol. The van der Waals surface area contributed by atoms with Gasteiger partial charge in [0.15, 0.2) is 0 Å². The Bertz CT molecular complexity index is 1160. The van der Waals surface area contributed by atoms with Gasteiger partial charge >= 0.3 is 0 Å². The van der Waals surface area contributed by atoms with E-state index in [4.69, 9.17) is 0 Å². The van der Waals surface area contributed by atoms with E-state index in [0.29, 0.717) is 11.3 Å². The van der Waals surface area contributed by atoms with Crippen molar-refractivity contribution in [2.75, 3.05) is 5.32 Å². The minimum Gasteiger partial charge on any atom is -0.350 e. The Hall–Kier alpha value is -3.48. The molecule has 0 unspecified atom stereocenters. The molecule has 124 valence electrons. The largest absolute Gasteiger partial charge is 0.350 e. The fourth-order valence-corrected chi connectivity index (χ4v) is 2.81. The number of anilines is 1. The second-order valence-corrected chi connectivity index (χ2v) is 5.83. The highest BCUT2D eigenvalue weighted by atomic mass is 16.2. The normalized spacial score (nSPS) is 11.1. The van der Waals surface area contributed by atoms with E-state index < -0.39 is 0 Å². The van der Waals surface area contributed by atoms with Crippen LogP contribution in [0.15, 0.2) is 53.6 Å². The van der Waals surface area contributed by atoms with Gasteiger partial charge in [-0.25, -0.2) is 9.67 Å². The third-order valence-corrected chi connectivity index (χ3v) is 4.00. The maximum atomic E-state index is 12.6. The van der Waals surface area contributed by atoms with Crippen LogP contribution >= 0.6 is 0 Å². The molecule has 2 N–H and O–H groups in total. The molecule has 25 heavy (non-hydrogen) atoms. The van der Waals surface area contributed by atoms with Crippen molar-refractivity contribution in [2.45, 2.75) is 13.5 Å². The number of aromatic nitrogens is 4. The minimum atomic E-state index is -0.358. The number of pyridine rings is 1. The van der Waals surface area contributed by atoms with Crippen molar-refractivity contribution in [3.8, 4) is 0 Å². The molecule has 0 atom stereocenters. The number of carbonyl (C=O) groups is 1. The SMILES string of the molecule is Cc1ccnc(NC(=O)Cn2ncc3c([nH]c4ccccc43)c2=O)c1. The molecule has 0 saturated heterocycles. The summed E-state index contributed by atoms with van der Waals surface area (Å²) in [5, 5.41) is 8.48. The van der Waals surface area contributed by atoms with E-state index in [2.05, 4.69) is 20.4 Å². The first-order valence-corrected chi connectivity index (χ1v) is 7.81. The van der Waals surface area contributed by atoms with Crippen LogP contribution in [0.2, 0.25) is 0 Å². The average Bonchev–Trinajstić information content (AvgIpc) is 2.97. The van der Waals surface area contributed by atoms with Crippen molar-refractivity contribution in [3.05, 3.63) is 64.7 Å². The van der Waals surface area contributed by atoms with Crippen molar-refractivity contribution in [1.82, 2.24) is 19.7 Å². The lowest BCUT2D eigenvalue weighted by Crippen LogP contribution is -2.29. The van der Waals surface area contributed by atoms with Gasteiger partial charge in [0, 0.05) is 22.5 Å². The molecule has 0 saturated carbocycles. The van der Waals surface area contributed by atoms with Crippen molar-refractivity contribution in [1.29, 1.82) is 0 Å². The number of hydrogen-bond donors (Lipinski definition) is 2. The van der Waals surface area contributed by atoms with Gasteiger partial charge in [-0.05, 0) is 30.7 Å². The monoisotopic (exact) mass is 333 g/mol. The van der Waals surface area contributed by atoms with Crippen LogP contribution < -0.4 is 10.9 Å². The average molecular weight is 333 g/mol. The maximum absolute atomic E-state index is 12.6. The lowest BCUT2D eigenvalue weighted by molar-refractivity contribution is -0.117. The van der Waals surface area contributed by atoms with E-state index >= 15 is 0 Å². The zero-order chi connectivity index (χ0) is 17.4. The Morgan fingerprint density at radius 3 is 2.92 bits per heavy atom. The number of nitrogens with zero attached hydrogens (tertiary/aromatic N) is 3. The van der Waals surface area contributed by atoms with Crippen LogP contribution in [0.1, 0.15) is 5.56 Å². The zero-order valence-corrected chi connectivity index (χ0v) is 13.5. The zero-order valence-electron chi connectivity index (χ0n) is 13.5. The summed E-state index contributed by atoms with van der Waals surface area (Å²) in [5.74, 6) is 0.0906. The summed E-state index contributed by atoms with van der Waals surface area (Å²) in [6.07, 6.45) is 3.22. The Morgan fingerprint density at radius 1 is 1.24 bits per heavy atom. The number of nitrogens with one attached hydrogen (secondary N) is 2. The molecule has 4 rings (SSSR count). The van der Waals surface area contributed by atoms with E-state index in [1.165, 1.54) is 0 Å². The summed E-state index contributed by atoms with van der Waals surface area (Å²) in [4.78, 5) is 32.0. The van der Waals surface area contributed by atoms with Crippen LogP contribution in [-0.4, -0.2) is 25.7 Å². The van der Waals surface area contributed by atoms with Crippen LogP contribution in [0.25, 0.3) is 21.8 Å². The van der Waals surface area contributed by atoms with Gasteiger partial charge in [0.2, 0.25) is 5.91 Å². The summed E-state index contributed by atoms with van der Waals surface area (Å²) in [5.41, 5.74) is 1.96. The predicted octanol–water partition coefficient (Wildman–Crippen LogP) is 2.22. The molecule has 1 aromatic carbocycles. The number of rotatable bonds is 3. The van der Waals surface area contributed by atoms with Crippen molar-refractivity contribution < 1.29 is 4.79 Å². The third kappa shape index (κ3) is 2.76. The first kappa shape index (κ1) is 15.1. The molecule has 3 aromatic heterocycles. The number of fused-ring (bicyclic) bond motifs is 3. The number of aryl methyl sites for hydroxylation is 1. The molecule has 0 bridgehead atoms. The highest BCUT2D eigenvalue weighted by Gasteiger charge is 2.12. The number of para-hydroxylation sites is 1. The summed E-state index contributed by atoms with van der Waals surface area (Å²) >= 11 is 0. The van der Waals surface area contributed by atoms with E-state index in [1.807, 2.05) is 37.3 Å².